The Bertz CT molecular complexity index is 964. The van der Waals surface area contributed by atoms with Crippen LogP contribution in [0, 0.1) is 22.5 Å². The smallest absolute Gasteiger partial charge is 0.317 e. The van der Waals surface area contributed by atoms with E-state index >= 15 is 0 Å². The van der Waals surface area contributed by atoms with Crippen LogP contribution in [-0.4, -0.2) is 28.6 Å². The fourth-order valence-corrected chi connectivity index (χ4v) is 3.19. The van der Waals surface area contributed by atoms with E-state index in [1.165, 1.54) is 18.4 Å². The first-order chi connectivity index (χ1) is 11.6. The summed E-state index contributed by atoms with van der Waals surface area (Å²) in [6.07, 6.45) is 6.60. The SMILES string of the molecule is C#CCn1c(=NC(=O)C2=COCCO2)sc2cc([N+](=O)[O-])ccc21. The van der Waals surface area contributed by atoms with Gasteiger partial charge in [0.25, 0.3) is 5.69 Å². The minimum absolute atomic E-state index is 0.0111. The molecule has 2 aromatic rings. The molecule has 3 rings (SSSR count). The summed E-state index contributed by atoms with van der Waals surface area (Å²) in [7, 11) is 0. The minimum Gasteiger partial charge on any atom is -0.494 e. The second-order valence-electron chi connectivity index (χ2n) is 4.70. The molecule has 1 amide bonds. The highest BCUT2D eigenvalue weighted by Crippen LogP contribution is 2.23. The molecular formula is C15H11N3O5S. The number of nitro benzene ring substituents is 1. The van der Waals surface area contributed by atoms with Gasteiger partial charge in [0, 0.05) is 12.1 Å². The van der Waals surface area contributed by atoms with Crippen LogP contribution in [0.25, 0.3) is 10.2 Å². The number of fused-ring (bicyclic) bond motifs is 1. The lowest BCUT2D eigenvalue weighted by Crippen LogP contribution is -2.19. The van der Waals surface area contributed by atoms with E-state index < -0.39 is 10.8 Å². The summed E-state index contributed by atoms with van der Waals surface area (Å²) >= 11 is 1.14. The third-order valence-corrected chi connectivity index (χ3v) is 4.22. The number of carbonyl (C=O) groups is 1. The van der Waals surface area contributed by atoms with Crippen molar-refractivity contribution >= 4 is 33.1 Å². The first-order valence-corrected chi connectivity index (χ1v) is 7.66. The van der Waals surface area contributed by atoms with Gasteiger partial charge in [-0.15, -0.1) is 6.42 Å². The van der Waals surface area contributed by atoms with Crippen molar-refractivity contribution in [2.75, 3.05) is 13.2 Å². The van der Waals surface area contributed by atoms with Gasteiger partial charge < -0.3 is 14.0 Å². The van der Waals surface area contributed by atoms with Crippen molar-refractivity contribution in [3.8, 4) is 12.3 Å². The molecule has 1 aliphatic heterocycles. The molecule has 0 saturated carbocycles. The molecule has 24 heavy (non-hydrogen) atoms. The molecule has 0 N–H and O–H groups in total. The van der Waals surface area contributed by atoms with Gasteiger partial charge in [-0.2, -0.15) is 4.99 Å². The van der Waals surface area contributed by atoms with Crippen LogP contribution in [0.15, 0.2) is 35.2 Å². The Morgan fingerprint density at radius 2 is 2.33 bits per heavy atom. The van der Waals surface area contributed by atoms with Gasteiger partial charge in [-0.1, -0.05) is 17.3 Å². The largest absolute Gasteiger partial charge is 0.494 e. The monoisotopic (exact) mass is 345 g/mol. The number of terminal acetylenes is 1. The summed E-state index contributed by atoms with van der Waals surface area (Å²) in [5.74, 6) is 1.90. The van der Waals surface area contributed by atoms with Gasteiger partial charge >= 0.3 is 5.91 Å². The van der Waals surface area contributed by atoms with Crippen LogP contribution >= 0.6 is 11.3 Å². The molecule has 8 nitrogen and oxygen atoms in total. The van der Waals surface area contributed by atoms with Crippen LogP contribution in [-0.2, 0) is 20.8 Å². The number of benzene rings is 1. The van der Waals surface area contributed by atoms with Crippen molar-refractivity contribution in [1.82, 2.24) is 4.57 Å². The number of amides is 1. The molecule has 1 aromatic carbocycles. The number of ether oxygens (including phenoxy) is 2. The summed E-state index contributed by atoms with van der Waals surface area (Å²) in [5.41, 5.74) is 0.631. The highest BCUT2D eigenvalue weighted by atomic mass is 32.1. The molecule has 122 valence electrons. The van der Waals surface area contributed by atoms with E-state index in [0.717, 1.165) is 11.3 Å². The molecule has 0 atom stereocenters. The average molecular weight is 345 g/mol. The standard InChI is InChI=1S/C15H11N3O5S/c1-2-5-17-11-4-3-10(18(20)21)8-13(11)24-15(17)16-14(19)12-9-22-6-7-23-12/h1,3-4,8-9H,5-7H2. The van der Waals surface area contributed by atoms with E-state index in [9.17, 15) is 14.9 Å². The maximum absolute atomic E-state index is 12.2. The maximum atomic E-state index is 12.2. The normalized spacial score (nSPS) is 14.5. The third-order valence-electron chi connectivity index (χ3n) is 3.18. The van der Waals surface area contributed by atoms with Crippen LogP contribution in [0.5, 0.6) is 0 Å². The Hall–Kier alpha value is -3.12. The lowest BCUT2D eigenvalue weighted by Gasteiger charge is -2.12. The molecule has 1 aromatic heterocycles. The van der Waals surface area contributed by atoms with Crippen molar-refractivity contribution in [3.05, 3.63) is 45.1 Å². The molecule has 0 spiro atoms. The zero-order chi connectivity index (χ0) is 17.1. The van der Waals surface area contributed by atoms with Crippen molar-refractivity contribution < 1.29 is 19.2 Å². The van der Waals surface area contributed by atoms with E-state index in [2.05, 4.69) is 10.9 Å². The van der Waals surface area contributed by atoms with Crippen molar-refractivity contribution in [1.29, 1.82) is 0 Å². The van der Waals surface area contributed by atoms with E-state index in [-0.39, 0.29) is 24.6 Å². The molecular weight excluding hydrogens is 334 g/mol. The van der Waals surface area contributed by atoms with E-state index in [1.54, 1.807) is 10.6 Å². The number of aromatic nitrogens is 1. The van der Waals surface area contributed by atoms with Crippen LogP contribution < -0.4 is 4.80 Å². The zero-order valence-corrected chi connectivity index (χ0v) is 13.1. The Balaban J connectivity index is 2.12. The second-order valence-corrected chi connectivity index (χ2v) is 5.71. The number of nitrogens with zero attached hydrogens (tertiary/aromatic N) is 3. The van der Waals surface area contributed by atoms with Crippen LogP contribution in [0.2, 0.25) is 0 Å². The minimum atomic E-state index is -0.596. The van der Waals surface area contributed by atoms with Crippen molar-refractivity contribution in [2.24, 2.45) is 4.99 Å². The summed E-state index contributed by atoms with van der Waals surface area (Å²) < 4.78 is 12.5. The lowest BCUT2D eigenvalue weighted by atomic mass is 10.3. The first kappa shape index (κ1) is 15.8. The molecule has 0 radical (unpaired) electrons. The number of hydrogen-bond acceptors (Lipinski definition) is 6. The highest BCUT2D eigenvalue weighted by Gasteiger charge is 2.16. The molecule has 0 aliphatic carbocycles. The lowest BCUT2D eigenvalue weighted by molar-refractivity contribution is -0.384. The fraction of sp³-hybridized carbons (Fsp3) is 0.200. The number of rotatable bonds is 3. The van der Waals surface area contributed by atoms with Gasteiger partial charge in [-0.3, -0.25) is 14.9 Å². The van der Waals surface area contributed by atoms with Gasteiger partial charge in [0.15, 0.2) is 4.80 Å². The van der Waals surface area contributed by atoms with E-state index in [0.29, 0.717) is 21.6 Å². The van der Waals surface area contributed by atoms with Crippen LogP contribution in [0.4, 0.5) is 5.69 Å². The van der Waals surface area contributed by atoms with Gasteiger partial charge in [-0.25, -0.2) is 0 Å². The maximum Gasteiger partial charge on any atom is 0.317 e. The van der Waals surface area contributed by atoms with Gasteiger partial charge in [0.2, 0.25) is 5.76 Å². The Kier molecular flexibility index (Phi) is 4.31. The van der Waals surface area contributed by atoms with Crippen molar-refractivity contribution in [3.63, 3.8) is 0 Å². The van der Waals surface area contributed by atoms with Gasteiger partial charge in [0.05, 0.1) is 21.7 Å². The first-order valence-electron chi connectivity index (χ1n) is 6.85. The van der Waals surface area contributed by atoms with Crippen LogP contribution in [0.1, 0.15) is 0 Å². The molecule has 0 bridgehead atoms. The molecule has 2 heterocycles. The molecule has 0 unspecified atom stereocenters. The predicted molar refractivity (Wildman–Crippen MR) is 85.9 cm³/mol. The topological polar surface area (TPSA) is 96.0 Å². The number of carbonyl (C=O) groups excluding carboxylic acids is 1. The highest BCUT2D eigenvalue weighted by molar-refractivity contribution is 7.16. The summed E-state index contributed by atoms with van der Waals surface area (Å²) in [6.45, 7) is 0.830. The van der Waals surface area contributed by atoms with Crippen molar-refractivity contribution in [2.45, 2.75) is 6.54 Å². The fourth-order valence-electron chi connectivity index (χ4n) is 2.13. The van der Waals surface area contributed by atoms with Gasteiger partial charge in [0.1, 0.15) is 19.5 Å². The van der Waals surface area contributed by atoms with Gasteiger partial charge in [-0.05, 0) is 6.07 Å². The number of hydrogen-bond donors (Lipinski definition) is 0. The molecule has 9 heteroatoms. The van der Waals surface area contributed by atoms with E-state index in [1.807, 2.05) is 0 Å². The Labute approximate surface area is 139 Å². The molecule has 1 aliphatic rings. The van der Waals surface area contributed by atoms with Crippen LogP contribution in [0.3, 0.4) is 0 Å². The quantitative estimate of drug-likeness (QED) is 0.478. The Morgan fingerprint density at radius 1 is 1.50 bits per heavy atom. The zero-order valence-electron chi connectivity index (χ0n) is 12.3. The average Bonchev–Trinajstić information content (AvgIpc) is 2.92. The number of thiazole rings is 1. The summed E-state index contributed by atoms with van der Waals surface area (Å²) in [6, 6.07) is 4.40. The number of nitro groups is 1. The Morgan fingerprint density at radius 3 is 3.00 bits per heavy atom. The predicted octanol–water partition coefficient (Wildman–Crippen LogP) is 1.56. The summed E-state index contributed by atoms with van der Waals surface area (Å²) in [5, 5.41) is 10.9. The summed E-state index contributed by atoms with van der Waals surface area (Å²) in [4.78, 5) is 26.9. The third kappa shape index (κ3) is 3.00. The van der Waals surface area contributed by atoms with E-state index in [4.69, 9.17) is 15.9 Å². The molecule has 0 fully saturated rings. The molecule has 0 saturated heterocycles. The number of non-ortho nitro benzene ring substituents is 1. The second kappa shape index (κ2) is 6.55.